The predicted octanol–water partition coefficient (Wildman–Crippen LogP) is 4.22. The molecule has 3 atom stereocenters. The van der Waals surface area contributed by atoms with Gasteiger partial charge in [0.25, 0.3) is 0 Å². The van der Waals surface area contributed by atoms with Gasteiger partial charge in [-0.1, -0.05) is 91.0 Å². The van der Waals surface area contributed by atoms with Crippen LogP contribution in [0.1, 0.15) is 28.3 Å². The number of benzene rings is 3. The van der Waals surface area contributed by atoms with Crippen molar-refractivity contribution >= 4 is 5.97 Å². The number of carbonyl (C=O) groups excluding carboxylic acids is 1. The van der Waals surface area contributed by atoms with Crippen LogP contribution in [-0.2, 0) is 15.1 Å². The molecule has 0 amide bonds. The summed E-state index contributed by atoms with van der Waals surface area (Å²) < 4.78 is 7.08. The molecule has 5 nitrogen and oxygen atoms in total. The van der Waals surface area contributed by atoms with Crippen LogP contribution in [0.15, 0.2) is 104 Å². The van der Waals surface area contributed by atoms with Gasteiger partial charge in [0.2, 0.25) is 0 Å². The summed E-state index contributed by atoms with van der Waals surface area (Å²) in [5.74, 6) is -0.971. The molecule has 3 unspecified atom stereocenters. The second kappa shape index (κ2) is 8.68. The monoisotopic (exact) mass is 438 g/mol. The molecule has 3 aromatic carbocycles. The maximum Gasteiger partial charge on any atom is 0.309 e. The Morgan fingerprint density at radius 2 is 1.39 bits per heavy atom. The Hall–Kier alpha value is -3.70. The highest BCUT2D eigenvalue weighted by molar-refractivity contribution is 5.78. The van der Waals surface area contributed by atoms with E-state index in [2.05, 4.69) is 41.0 Å². The van der Waals surface area contributed by atoms with Gasteiger partial charge in [-0.3, -0.25) is 4.79 Å². The summed E-state index contributed by atoms with van der Waals surface area (Å²) in [6.07, 6.45) is 3.85. The molecule has 4 aromatic rings. The zero-order valence-corrected chi connectivity index (χ0v) is 18.4. The third-order valence-corrected chi connectivity index (χ3v) is 6.76. The SMILES string of the molecule is COC(=O)C1C(CO)C1c1cn(C(c2ccccc2)(c2ccccc2)c2ccccc2)cn1. The molecule has 1 N–H and O–H groups in total. The zero-order valence-electron chi connectivity index (χ0n) is 18.4. The van der Waals surface area contributed by atoms with Gasteiger partial charge in [-0.2, -0.15) is 0 Å². The maximum atomic E-state index is 12.2. The Balaban J connectivity index is 1.71. The lowest BCUT2D eigenvalue weighted by Gasteiger charge is -2.37. The molecular formula is C28H26N2O3. The second-order valence-electron chi connectivity index (χ2n) is 8.44. The molecule has 1 aliphatic carbocycles. The molecule has 1 heterocycles. The van der Waals surface area contributed by atoms with Crippen LogP contribution in [0.25, 0.3) is 0 Å². The van der Waals surface area contributed by atoms with Crippen LogP contribution >= 0.6 is 0 Å². The van der Waals surface area contributed by atoms with E-state index >= 15 is 0 Å². The fourth-order valence-corrected chi connectivity index (χ4v) is 5.14. The van der Waals surface area contributed by atoms with Crippen molar-refractivity contribution in [1.29, 1.82) is 0 Å². The van der Waals surface area contributed by atoms with Crippen LogP contribution < -0.4 is 0 Å². The number of aromatic nitrogens is 2. The number of imidazole rings is 1. The summed E-state index contributed by atoms with van der Waals surface area (Å²) in [6, 6.07) is 31.1. The first-order chi connectivity index (χ1) is 16.2. The van der Waals surface area contributed by atoms with Gasteiger partial charge in [0, 0.05) is 24.6 Å². The van der Waals surface area contributed by atoms with Gasteiger partial charge in [0.15, 0.2) is 0 Å². The molecule has 0 bridgehead atoms. The molecule has 1 fully saturated rings. The molecule has 5 heteroatoms. The van der Waals surface area contributed by atoms with Crippen molar-refractivity contribution < 1.29 is 14.6 Å². The first-order valence-electron chi connectivity index (χ1n) is 11.1. The molecule has 0 spiro atoms. The van der Waals surface area contributed by atoms with Crippen LogP contribution in [0, 0.1) is 11.8 Å². The number of methoxy groups -OCH3 is 1. The molecule has 1 aromatic heterocycles. The largest absolute Gasteiger partial charge is 0.469 e. The van der Waals surface area contributed by atoms with Gasteiger partial charge in [0.05, 0.1) is 25.0 Å². The summed E-state index contributed by atoms with van der Waals surface area (Å²) in [4.78, 5) is 17.0. The molecular weight excluding hydrogens is 412 g/mol. The molecule has 33 heavy (non-hydrogen) atoms. The number of carbonyl (C=O) groups is 1. The first kappa shape index (κ1) is 21.2. The minimum atomic E-state index is -0.653. The lowest BCUT2D eigenvalue weighted by atomic mass is 9.77. The van der Waals surface area contributed by atoms with Gasteiger partial charge >= 0.3 is 5.97 Å². The van der Waals surface area contributed by atoms with Crippen molar-refractivity contribution in [1.82, 2.24) is 9.55 Å². The van der Waals surface area contributed by atoms with Crippen molar-refractivity contribution in [2.24, 2.45) is 11.8 Å². The molecule has 0 radical (unpaired) electrons. The van der Waals surface area contributed by atoms with E-state index in [1.807, 2.05) is 67.1 Å². The van der Waals surface area contributed by atoms with Crippen LogP contribution in [0.2, 0.25) is 0 Å². The summed E-state index contributed by atoms with van der Waals surface area (Å²) in [5, 5.41) is 9.81. The van der Waals surface area contributed by atoms with Crippen LogP contribution in [0.5, 0.6) is 0 Å². The van der Waals surface area contributed by atoms with Crippen molar-refractivity contribution in [2.75, 3.05) is 13.7 Å². The van der Waals surface area contributed by atoms with Gasteiger partial charge in [-0.15, -0.1) is 0 Å². The molecule has 1 aliphatic rings. The number of aliphatic hydroxyl groups is 1. The maximum absolute atomic E-state index is 12.2. The summed E-state index contributed by atoms with van der Waals surface area (Å²) in [7, 11) is 1.38. The normalized spacial score (nSPS) is 19.8. The average molecular weight is 439 g/mol. The lowest BCUT2D eigenvalue weighted by molar-refractivity contribution is -0.142. The van der Waals surface area contributed by atoms with Crippen LogP contribution in [-0.4, -0.2) is 34.3 Å². The fourth-order valence-electron chi connectivity index (χ4n) is 5.14. The third kappa shape index (κ3) is 3.45. The number of nitrogens with zero attached hydrogens (tertiary/aromatic N) is 2. The Labute approximate surface area is 193 Å². The average Bonchev–Trinajstić information content (AvgIpc) is 3.43. The van der Waals surface area contributed by atoms with Gasteiger partial charge in [0.1, 0.15) is 5.54 Å². The smallest absolute Gasteiger partial charge is 0.309 e. The fraction of sp³-hybridized carbons (Fsp3) is 0.214. The van der Waals surface area contributed by atoms with Gasteiger partial charge in [-0.05, 0) is 16.7 Å². The Kier molecular flexibility index (Phi) is 5.56. The number of ether oxygens (including phenoxy) is 1. The van der Waals surface area contributed by atoms with E-state index in [1.54, 1.807) is 0 Å². The van der Waals surface area contributed by atoms with E-state index in [-0.39, 0.29) is 30.3 Å². The summed E-state index contributed by atoms with van der Waals surface area (Å²) >= 11 is 0. The number of hydrogen-bond donors (Lipinski definition) is 1. The minimum Gasteiger partial charge on any atom is -0.469 e. The Bertz CT molecular complexity index is 1130. The van der Waals surface area contributed by atoms with Gasteiger partial charge in [-0.25, -0.2) is 4.98 Å². The Morgan fingerprint density at radius 1 is 0.909 bits per heavy atom. The predicted molar refractivity (Wildman–Crippen MR) is 126 cm³/mol. The summed E-state index contributed by atoms with van der Waals surface area (Å²) in [5.41, 5.74) is 3.44. The number of hydrogen-bond acceptors (Lipinski definition) is 4. The van der Waals surface area contributed by atoms with E-state index < -0.39 is 5.54 Å². The second-order valence-corrected chi connectivity index (χ2v) is 8.44. The molecule has 166 valence electrons. The lowest BCUT2D eigenvalue weighted by Crippen LogP contribution is -2.36. The molecule has 5 rings (SSSR count). The Morgan fingerprint density at radius 3 is 1.82 bits per heavy atom. The highest BCUT2D eigenvalue weighted by atomic mass is 16.5. The molecule has 1 saturated carbocycles. The van der Waals surface area contributed by atoms with Crippen molar-refractivity contribution in [3.05, 3.63) is 126 Å². The van der Waals surface area contributed by atoms with E-state index in [1.165, 1.54) is 7.11 Å². The number of rotatable bonds is 7. The van der Waals surface area contributed by atoms with E-state index in [0.29, 0.717) is 0 Å². The van der Waals surface area contributed by atoms with E-state index in [0.717, 1.165) is 22.4 Å². The van der Waals surface area contributed by atoms with Gasteiger partial charge < -0.3 is 14.4 Å². The molecule has 0 aliphatic heterocycles. The molecule has 0 saturated heterocycles. The van der Waals surface area contributed by atoms with E-state index in [4.69, 9.17) is 9.72 Å². The number of aliphatic hydroxyl groups excluding tert-OH is 1. The third-order valence-electron chi connectivity index (χ3n) is 6.76. The van der Waals surface area contributed by atoms with Crippen molar-refractivity contribution in [3.63, 3.8) is 0 Å². The first-order valence-corrected chi connectivity index (χ1v) is 11.1. The highest BCUT2D eigenvalue weighted by Gasteiger charge is 2.57. The standard InChI is InChI=1S/C28H26N2O3/c1-33-27(32)26-23(18-31)25(26)24-17-30(19-29-24)28(20-11-5-2-6-12-20,21-13-7-3-8-14-21)22-15-9-4-10-16-22/h2-17,19,23,25-26,31H,18H2,1H3. The minimum absolute atomic E-state index is 0.0709. The van der Waals surface area contributed by atoms with E-state index in [9.17, 15) is 9.90 Å². The van der Waals surface area contributed by atoms with Crippen molar-refractivity contribution in [2.45, 2.75) is 11.5 Å². The number of esters is 1. The quantitative estimate of drug-likeness (QED) is 0.347. The topological polar surface area (TPSA) is 64.3 Å². The zero-order chi connectivity index (χ0) is 22.8. The highest BCUT2D eigenvalue weighted by Crippen LogP contribution is 2.54. The van der Waals surface area contributed by atoms with Crippen molar-refractivity contribution in [3.8, 4) is 0 Å². The van der Waals surface area contributed by atoms with Crippen LogP contribution in [0.3, 0.4) is 0 Å². The van der Waals surface area contributed by atoms with Crippen LogP contribution in [0.4, 0.5) is 0 Å². The summed E-state index contributed by atoms with van der Waals surface area (Å²) in [6.45, 7) is -0.0709.